The van der Waals surface area contributed by atoms with Crippen molar-refractivity contribution in [2.45, 2.75) is 18.9 Å². The van der Waals surface area contributed by atoms with Gasteiger partial charge in [0.15, 0.2) is 5.78 Å². The second-order valence-electron chi connectivity index (χ2n) is 3.84. The van der Waals surface area contributed by atoms with Gasteiger partial charge in [-0.3, -0.25) is 4.79 Å². The average molecular weight is 214 g/mol. The second kappa shape index (κ2) is 4.90. The molecule has 82 valence electrons. The first kappa shape index (κ1) is 10.8. The number of carbonyl (C=O) groups excluding carboxylic acids is 1. The molecule has 1 aromatic rings. The van der Waals surface area contributed by atoms with E-state index < -0.39 is 6.10 Å². The van der Waals surface area contributed by atoms with Crippen molar-refractivity contribution in [2.75, 3.05) is 0 Å². The van der Waals surface area contributed by atoms with Crippen molar-refractivity contribution in [3.63, 3.8) is 0 Å². The molecule has 16 heavy (non-hydrogen) atoms. The predicted octanol–water partition coefficient (Wildman–Crippen LogP) is 2.35. The quantitative estimate of drug-likeness (QED) is 0.838. The molecule has 2 rings (SSSR count). The molecular formula is C14H14O2. The van der Waals surface area contributed by atoms with Crippen molar-refractivity contribution in [2.24, 2.45) is 0 Å². The molecule has 0 aliphatic heterocycles. The van der Waals surface area contributed by atoms with Crippen LogP contribution in [0.2, 0.25) is 0 Å². The summed E-state index contributed by atoms with van der Waals surface area (Å²) in [4.78, 5) is 11.4. The molecule has 1 N–H and O–H groups in total. The van der Waals surface area contributed by atoms with Gasteiger partial charge in [-0.25, -0.2) is 0 Å². The Kier molecular flexibility index (Phi) is 3.32. The zero-order valence-electron chi connectivity index (χ0n) is 8.97. The summed E-state index contributed by atoms with van der Waals surface area (Å²) >= 11 is 0. The Morgan fingerprint density at radius 3 is 2.62 bits per heavy atom. The zero-order chi connectivity index (χ0) is 11.4. The van der Waals surface area contributed by atoms with Gasteiger partial charge in [0.1, 0.15) is 6.10 Å². The minimum absolute atomic E-state index is 0.0604. The summed E-state index contributed by atoms with van der Waals surface area (Å²) < 4.78 is 0. The van der Waals surface area contributed by atoms with Gasteiger partial charge in [-0.2, -0.15) is 0 Å². The second-order valence-corrected chi connectivity index (χ2v) is 3.84. The highest BCUT2D eigenvalue weighted by Gasteiger charge is 2.19. The van der Waals surface area contributed by atoms with E-state index in [-0.39, 0.29) is 5.78 Å². The van der Waals surface area contributed by atoms with Crippen LogP contribution in [0.1, 0.15) is 18.4 Å². The maximum atomic E-state index is 11.4. The van der Waals surface area contributed by atoms with E-state index in [1.165, 1.54) is 0 Å². The number of rotatable bonds is 3. The van der Waals surface area contributed by atoms with E-state index in [2.05, 4.69) is 0 Å². The third-order valence-electron chi connectivity index (χ3n) is 2.65. The molecule has 2 heteroatoms. The van der Waals surface area contributed by atoms with Crippen LogP contribution in [0.15, 0.2) is 48.1 Å². The highest BCUT2D eigenvalue weighted by molar-refractivity contribution is 5.98. The molecule has 0 fully saturated rings. The van der Waals surface area contributed by atoms with Crippen LogP contribution in [0.4, 0.5) is 0 Å². The van der Waals surface area contributed by atoms with Crippen molar-refractivity contribution in [1.82, 2.24) is 0 Å². The Morgan fingerprint density at radius 2 is 2.00 bits per heavy atom. The SMILES string of the molecule is O=C1CCC=C1[C@@H](O)/C=C/c1ccccc1. The summed E-state index contributed by atoms with van der Waals surface area (Å²) in [5.74, 6) is 0.0604. The lowest BCUT2D eigenvalue weighted by Gasteiger charge is -2.04. The number of Topliss-reactive ketones (excluding diaryl/α,β-unsaturated/α-hetero) is 1. The van der Waals surface area contributed by atoms with Crippen molar-refractivity contribution in [1.29, 1.82) is 0 Å². The molecule has 1 aliphatic carbocycles. The molecule has 0 radical (unpaired) electrons. The highest BCUT2D eigenvalue weighted by Crippen LogP contribution is 2.18. The standard InChI is InChI=1S/C14H14O2/c15-13-8-4-7-12(13)14(16)10-9-11-5-2-1-3-6-11/h1-3,5-7,9-10,14,16H,4,8H2/b10-9+/t14-/m0/s1. The van der Waals surface area contributed by atoms with E-state index in [0.717, 1.165) is 12.0 Å². The molecular weight excluding hydrogens is 200 g/mol. The average Bonchev–Trinajstić information content (AvgIpc) is 2.74. The molecule has 1 atom stereocenters. The topological polar surface area (TPSA) is 37.3 Å². The van der Waals surface area contributed by atoms with E-state index >= 15 is 0 Å². The molecule has 0 amide bonds. The first-order chi connectivity index (χ1) is 7.77. The maximum absolute atomic E-state index is 11.4. The van der Waals surface area contributed by atoms with Crippen LogP contribution in [0.3, 0.4) is 0 Å². The lowest BCUT2D eigenvalue weighted by atomic mass is 10.1. The Hall–Kier alpha value is -1.67. The number of hydrogen-bond acceptors (Lipinski definition) is 2. The van der Waals surface area contributed by atoms with Crippen LogP contribution < -0.4 is 0 Å². The summed E-state index contributed by atoms with van der Waals surface area (Å²) in [6.07, 6.45) is 5.83. The fraction of sp³-hybridized carbons (Fsp3) is 0.214. The lowest BCUT2D eigenvalue weighted by Crippen LogP contribution is -2.11. The number of ketones is 1. The zero-order valence-corrected chi connectivity index (χ0v) is 8.97. The fourth-order valence-corrected chi connectivity index (χ4v) is 1.77. The molecule has 2 nitrogen and oxygen atoms in total. The third kappa shape index (κ3) is 2.47. The van der Waals surface area contributed by atoms with Crippen LogP contribution in [0.25, 0.3) is 6.08 Å². The summed E-state index contributed by atoms with van der Waals surface area (Å²) in [5.41, 5.74) is 1.56. The van der Waals surface area contributed by atoms with E-state index in [0.29, 0.717) is 12.0 Å². The largest absolute Gasteiger partial charge is 0.384 e. The van der Waals surface area contributed by atoms with Crippen LogP contribution in [0.5, 0.6) is 0 Å². The number of aliphatic hydroxyl groups is 1. The molecule has 1 aliphatic rings. The van der Waals surface area contributed by atoms with Crippen molar-refractivity contribution in [3.8, 4) is 0 Å². The summed E-state index contributed by atoms with van der Waals surface area (Å²) in [7, 11) is 0. The number of aliphatic hydroxyl groups excluding tert-OH is 1. The third-order valence-corrected chi connectivity index (χ3v) is 2.65. The van der Waals surface area contributed by atoms with Crippen molar-refractivity contribution in [3.05, 3.63) is 53.6 Å². The van der Waals surface area contributed by atoms with Gasteiger partial charge in [0, 0.05) is 12.0 Å². The van der Waals surface area contributed by atoms with Gasteiger partial charge < -0.3 is 5.11 Å². The molecule has 0 aromatic heterocycles. The molecule has 0 heterocycles. The highest BCUT2D eigenvalue weighted by atomic mass is 16.3. The summed E-state index contributed by atoms with van der Waals surface area (Å²) in [6.45, 7) is 0. The van der Waals surface area contributed by atoms with Crippen LogP contribution in [-0.4, -0.2) is 17.0 Å². The molecule has 1 aromatic carbocycles. The van der Waals surface area contributed by atoms with Crippen molar-refractivity contribution >= 4 is 11.9 Å². The molecule has 0 saturated heterocycles. The van der Waals surface area contributed by atoms with Gasteiger partial charge >= 0.3 is 0 Å². The van der Waals surface area contributed by atoms with E-state index in [4.69, 9.17) is 0 Å². The number of benzene rings is 1. The Bertz CT molecular complexity index is 429. The summed E-state index contributed by atoms with van der Waals surface area (Å²) in [5, 5.41) is 9.80. The minimum atomic E-state index is -0.768. The van der Waals surface area contributed by atoms with E-state index in [1.54, 1.807) is 6.08 Å². The predicted molar refractivity (Wildman–Crippen MR) is 63.8 cm³/mol. The van der Waals surface area contributed by atoms with Crippen LogP contribution in [-0.2, 0) is 4.79 Å². The summed E-state index contributed by atoms with van der Waals surface area (Å²) in [6, 6.07) is 9.72. The fourth-order valence-electron chi connectivity index (χ4n) is 1.77. The molecule has 0 saturated carbocycles. The Balaban J connectivity index is 2.05. The van der Waals surface area contributed by atoms with Gasteiger partial charge in [0.05, 0.1) is 0 Å². The van der Waals surface area contributed by atoms with Gasteiger partial charge in [-0.05, 0) is 12.0 Å². The van der Waals surface area contributed by atoms with Crippen LogP contribution >= 0.6 is 0 Å². The van der Waals surface area contributed by atoms with Gasteiger partial charge in [0.25, 0.3) is 0 Å². The van der Waals surface area contributed by atoms with Crippen LogP contribution in [0, 0.1) is 0 Å². The smallest absolute Gasteiger partial charge is 0.161 e. The Morgan fingerprint density at radius 1 is 1.25 bits per heavy atom. The van der Waals surface area contributed by atoms with E-state index in [9.17, 15) is 9.90 Å². The van der Waals surface area contributed by atoms with Gasteiger partial charge in [-0.15, -0.1) is 0 Å². The first-order valence-electron chi connectivity index (χ1n) is 5.42. The maximum Gasteiger partial charge on any atom is 0.161 e. The number of hydrogen-bond donors (Lipinski definition) is 1. The molecule has 0 unspecified atom stereocenters. The van der Waals surface area contributed by atoms with Gasteiger partial charge in [-0.1, -0.05) is 48.6 Å². The van der Waals surface area contributed by atoms with Crippen molar-refractivity contribution < 1.29 is 9.90 Å². The lowest BCUT2D eigenvalue weighted by molar-refractivity contribution is -0.115. The Labute approximate surface area is 94.9 Å². The van der Waals surface area contributed by atoms with E-state index in [1.807, 2.05) is 42.5 Å². The number of carbonyl (C=O) groups is 1. The minimum Gasteiger partial charge on any atom is -0.384 e. The first-order valence-corrected chi connectivity index (χ1v) is 5.42. The number of allylic oxidation sites excluding steroid dienone is 1. The monoisotopic (exact) mass is 214 g/mol. The molecule has 0 bridgehead atoms. The van der Waals surface area contributed by atoms with Gasteiger partial charge in [0.2, 0.25) is 0 Å². The molecule has 0 spiro atoms. The normalized spacial score (nSPS) is 17.8.